The standard InChI is InChI=1S/C13H13F3N4O/c1-13(15,16)7-18-12(21)11-4-10(19-20(11)2)8-3-9(14)6-17-5-8/h3-6H,7H2,1-2H3,(H,18,21). The van der Waals surface area contributed by atoms with E-state index in [1.54, 1.807) is 0 Å². The van der Waals surface area contributed by atoms with E-state index in [2.05, 4.69) is 15.4 Å². The van der Waals surface area contributed by atoms with Gasteiger partial charge in [-0.3, -0.25) is 14.5 Å². The van der Waals surface area contributed by atoms with Crippen molar-refractivity contribution in [2.75, 3.05) is 6.54 Å². The molecular formula is C13H13F3N4O. The highest BCUT2D eigenvalue weighted by Gasteiger charge is 2.23. The highest BCUT2D eigenvalue weighted by atomic mass is 19.3. The lowest BCUT2D eigenvalue weighted by Gasteiger charge is -2.11. The van der Waals surface area contributed by atoms with Crippen LogP contribution in [0.3, 0.4) is 0 Å². The average Bonchev–Trinajstić information content (AvgIpc) is 2.77. The molecule has 21 heavy (non-hydrogen) atoms. The summed E-state index contributed by atoms with van der Waals surface area (Å²) in [6, 6.07) is 2.61. The van der Waals surface area contributed by atoms with Gasteiger partial charge in [-0.25, -0.2) is 13.2 Å². The van der Waals surface area contributed by atoms with Crippen LogP contribution in [0.5, 0.6) is 0 Å². The minimum Gasteiger partial charge on any atom is -0.345 e. The summed E-state index contributed by atoms with van der Waals surface area (Å²) in [5.74, 6) is -4.21. The smallest absolute Gasteiger partial charge is 0.269 e. The molecule has 0 aliphatic carbocycles. The maximum absolute atomic E-state index is 13.1. The normalized spacial score (nSPS) is 11.5. The SMILES string of the molecule is Cn1nc(-c2cncc(F)c2)cc1C(=O)NCC(C)(F)F. The van der Waals surface area contributed by atoms with Crippen LogP contribution in [0.15, 0.2) is 24.5 Å². The van der Waals surface area contributed by atoms with Gasteiger partial charge in [0.15, 0.2) is 0 Å². The minimum absolute atomic E-state index is 0.0958. The van der Waals surface area contributed by atoms with Gasteiger partial charge in [0.25, 0.3) is 11.8 Å². The van der Waals surface area contributed by atoms with Crippen LogP contribution >= 0.6 is 0 Å². The number of alkyl halides is 2. The zero-order valence-corrected chi connectivity index (χ0v) is 11.4. The summed E-state index contributed by atoms with van der Waals surface area (Å²) in [6.45, 7) is -0.0613. The van der Waals surface area contributed by atoms with Crippen LogP contribution in [0.2, 0.25) is 0 Å². The Kier molecular flexibility index (Phi) is 3.97. The molecule has 2 aromatic rings. The van der Waals surface area contributed by atoms with E-state index in [9.17, 15) is 18.0 Å². The van der Waals surface area contributed by atoms with Crippen molar-refractivity contribution in [2.45, 2.75) is 12.8 Å². The van der Waals surface area contributed by atoms with Gasteiger partial charge in [-0.15, -0.1) is 0 Å². The molecule has 0 unspecified atom stereocenters. The van der Waals surface area contributed by atoms with Crippen molar-refractivity contribution in [1.29, 1.82) is 0 Å². The van der Waals surface area contributed by atoms with Gasteiger partial charge in [0.2, 0.25) is 0 Å². The quantitative estimate of drug-likeness (QED) is 0.939. The Hall–Kier alpha value is -2.38. The van der Waals surface area contributed by atoms with Gasteiger partial charge in [0.1, 0.15) is 11.5 Å². The van der Waals surface area contributed by atoms with E-state index in [0.717, 1.165) is 6.20 Å². The zero-order chi connectivity index (χ0) is 15.6. The lowest BCUT2D eigenvalue weighted by Crippen LogP contribution is -2.35. The van der Waals surface area contributed by atoms with Gasteiger partial charge < -0.3 is 5.32 Å². The number of rotatable bonds is 4. The number of carbonyl (C=O) groups is 1. The number of hydrogen-bond acceptors (Lipinski definition) is 3. The molecule has 0 saturated carbocycles. The van der Waals surface area contributed by atoms with Crippen molar-refractivity contribution in [1.82, 2.24) is 20.1 Å². The van der Waals surface area contributed by atoms with Gasteiger partial charge >= 0.3 is 0 Å². The Bertz CT molecular complexity index is 664. The summed E-state index contributed by atoms with van der Waals surface area (Å²) in [5.41, 5.74) is 0.821. The Labute approximate surface area is 118 Å². The molecule has 0 spiro atoms. The second-order valence-electron chi connectivity index (χ2n) is 4.68. The largest absolute Gasteiger partial charge is 0.345 e. The molecule has 1 amide bonds. The molecule has 8 heteroatoms. The lowest BCUT2D eigenvalue weighted by atomic mass is 10.2. The van der Waals surface area contributed by atoms with Crippen LogP contribution in [-0.2, 0) is 7.05 Å². The van der Waals surface area contributed by atoms with Crippen molar-refractivity contribution in [2.24, 2.45) is 7.05 Å². The summed E-state index contributed by atoms with van der Waals surface area (Å²) in [7, 11) is 1.50. The molecule has 2 rings (SSSR count). The number of carbonyl (C=O) groups excluding carboxylic acids is 1. The van der Waals surface area contributed by atoms with Crippen LogP contribution in [0.4, 0.5) is 13.2 Å². The average molecular weight is 298 g/mol. The first-order valence-electron chi connectivity index (χ1n) is 6.07. The maximum atomic E-state index is 13.1. The van der Waals surface area contributed by atoms with Crippen LogP contribution in [0.1, 0.15) is 17.4 Å². The van der Waals surface area contributed by atoms with Gasteiger partial charge in [0.05, 0.1) is 18.4 Å². The maximum Gasteiger partial charge on any atom is 0.269 e. The predicted octanol–water partition coefficient (Wildman–Crippen LogP) is 2.01. The predicted molar refractivity (Wildman–Crippen MR) is 69.4 cm³/mol. The molecule has 0 aliphatic heterocycles. The number of hydrogen-bond donors (Lipinski definition) is 1. The van der Waals surface area contributed by atoms with Gasteiger partial charge in [0, 0.05) is 25.7 Å². The highest BCUT2D eigenvalue weighted by Crippen LogP contribution is 2.19. The molecule has 0 atom stereocenters. The first kappa shape index (κ1) is 15.0. The van der Waals surface area contributed by atoms with E-state index < -0.39 is 24.2 Å². The second kappa shape index (κ2) is 5.55. The molecular weight excluding hydrogens is 285 g/mol. The lowest BCUT2D eigenvalue weighted by molar-refractivity contribution is 0.0219. The molecule has 0 radical (unpaired) electrons. The van der Waals surface area contributed by atoms with Gasteiger partial charge in [-0.1, -0.05) is 0 Å². The first-order chi connectivity index (χ1) is 9.76. The van der Waals surface area contributed by atoms with Gasteiger partial charge in [-0.05, 0) is 12.1 Å². The molecule has 2 heterocycles. The molecule has 0 fully saturated rings. The fraction of sp³-hybridized carbons (Fsp3) is 0.308. The fourth-order valence-corrected chi connectivity index (χ4v) is 1.70. The molecule has 1 N–H and O–H groups in total. The van der Waals surface area contributed by atoms with Crippen molar-refractivity contribution in [3.05, 3.63) is 36.0 Å². The van der Waals surface area contributed by atoms with E-state index >= 15 is 0 Å². The van der Waals surface area contributed by atoms with Crippen LogP contribution in [0.25, 0.3) is 11.3 Å². The number of halogens is 3. The van der Waals surface area contributed by atoms with E-state index in [4.69, 9.17) is 0 Å². The minimum atomic E-state index is -3.00. The Morgan fingerprint density at radius 2 is 2.10 bits per heavy atom. The number of pyridine rings is 1. The number of nitrogens with one attached hydrogen (secondary N) is 1. The van der Waals surface area contributed by atoms with Crippen molar-refractivity contribution in [3.8, 4) is 11.3 Å². The topological polar surface area (TPSA) is 59.8 Å². The third kappa shape index (κ3) is 3.80. The third-order valence-corrected chi connectivity index (χ3v) is 2.67. The van der Waals surface area contributed by atoms with Crippen molar-refractivity contribution < 1.29 is 18.0 Å². The fourth-order valence-electron chi connectivity index (χ4n) is 1.70. The summed E-state index contributed by atoms with van der Waals surface area (Å²) in [4.78, 5) is 15.5. The summed E-state index contributed by atoms with van der Waals surface area (Å²) in [6.07, 6.45) is 2.44. The van der Waals surface area contributed by atoms with E-state index in [1.807, 2.05) is 0 Å². The Morgan fingerprint density at radius 3 is 2.71 bits per heavy atom. The van der Waals surface area contributed by atoms with Crippen molar-refractivity contribution >= 4 is 5.91 Å². The van der Waals surface area contributed by atoms with Gasteiger partial charge in [-0.2, -0.15) is 5.10 Å². The molecule has 2 aromatic heterocycles. The molecule has 0 saturated heterocycles. The summed E-state index contributed by atoms with van der Waals surface area (Å²) in [5, 5.41) is 6.17. The molecule has 0 bridgehead atoms. The molecule has 112 valence electrons. The van der Waals surface area contributed by atoms with Crippen LogP contribution < -0.4 is 5.32 Å². The molecule has 0 aromatic carbocycles. The zero-order valence-electron chi connectivity index (χ0n) is 11.4. The van der Waals surface area contributed by atoms with Crippen LogP contribution in [0, 0.1) is 5.82 Å². The van der Waals surface area contributed by atoms with E-state index in [0.29, 0.717) is 18.2 Å². The van der Waals surface area contributed by atoms with E-state index in [1.165, 1.54) is 30.1 Å². The Morgan fingerprint density at radius 1 is 1.38 bits per heavy atom. The molecule has 0 aliphatic rings. The van der Waals surface area contributed by atoms with Crippen LogP contribution in [-0.4, -0.2) is 33.1 Å². The molecule has 5 nitrogen and oxygen atoms in total. The number of aromatic nitrogens is 3. The number of nitrogens with zero attached hydrogens (tertiary/aromatic N) is 3. The van der Waals surface area contributed by atoms with Crippen molar-refractivity contribution in [3.63, 3.8) is 0 Å². The second-order valence-corrected chi connectivity index (χ2v) is 4.68. The highest BCUT2D eigenvalue weighted by molar-refractivity contribution is 5.93. The summed E-state index contributed by atoms with van der Waals surface area (Å²) >= 11 is 0. The first-order valence-corrected chi connectivity index (χ1v) is 6.07. The monoisotopic (exact) mass is 298 g/mol. The third-order valence-electron chi connectivity index (χ3n) is 2.67. The summed E-state index contributed by atoms with van der Waals surface area (Å²) < 4.78 is 39.8. The number of amides is 1. The van der Waals surface area contributed by atoms with E-state index in [-0.39, 0.29) is 5.69 Å². The number of aryl methyl sites for hydroxylation is 1. The Balaban J connectivity index is 2.21.